The van der Waals surface area contributed by atoms with E-state index in [-0.39, 0.29) is 17.7 Å². The van der Waals surface area contributed by atoms with Crippen molar-refractivity contribution in [1.82, 2.24) is 4.90 Å². The van der Waals surface area contributed by atoms with Gasteiger partial charge in [0.2, 0.25) is 0 Å². The maximum absolute atomic E-state index is 12.3. The van der Waals surface area contributed by atoms with E-state index in [4.69, 9.17) is 27.3 Å². The van der Waals surface area contributed by atoms with Crippen molar-refractivity contribution in [3.8, 4) is 5.75 Å². The number of amidine groups is 1. The van der Waals surface area contributed by atoms with Gasteiger partial charge in [0.05, 0.1) is 12.7 Å². The molecule has 0 spiro atoms. The molecule has 0 saturated carbocycles. The van der Waals surface area contributed by atoms with Crippen LogP contribution < -0.4 is 10.5 Å². The Morgan fingerprint density at radius 1 is 1.60 bits per heavy atom. The first-order valence-electron chi connectivity index (χ1n) is 5.97. The van der Waals surface area contributed by atoms with Crippen molar-refractivity contribution in [3.05, 3.63) is 28.8 Å². The monoisotopic (exact) mass is 299 g/mol. The first-order valence-corrected chi connectivity index (χ1v) is 6.35. The molecule has 0 aliphatic carbocycles. The minimum Gasteiger partial charge on any atom is -0.496 e. The van der Waals surface area contributed by atoms with Gasteiger partial charge in [0, 0.05) is 24.5 Å². The molecule has 1 rings (SSSR count). The predicted octanol–water partition coefficient (Wildman–Crippen LogP) is 1.80. The molecule has 7 heteroatoms. The number of carbonyl (C=O) groups excluding carboxylic acids is 1. The van der Waals surface area contributed by atoms with Gasteiger partial charge in [-0.25, -0.2) is 0 Å². The molecule has 20 heavy (non-hydrogen) atoms. The van der Waals surface area contributed by atoms with E-state index in [0.717, 1.165) is 0 Å². The molecule has 0 saturated heterocycles. The van der Waals surface area contributed by atoms with Gasteiger partial charge in [0.25, 0.3) is 5.91 Å². The van der Waals surface area contributed by atoms with Crippen molar-refractivity contribution in [3.63, 3.8) is 0 Å². The van der Waals surface area contributed by atoms with Crippen molar-refractivity contribution < 1.29 is 14.7 Å². The summed E-state index contributed by atoms with van der Waals surface area (Å²) in [6.45, 7) is 2.08. The molecule has 110 valence electrons. The lowest BCUT2D eigenvalue weighted by atomic mass is 10.1. The summed E-state index contributed by atoms with van der Waals surface area (Å²) in [5, 5.41) is 12.0. The lowest BCUT2D eigenvalue weighted by Gasteiger charge is -2.21. The van der Waals surface area contributed by atoms with Crippen molar-refractivity contribution in [2.45, 2.75) is 6.92 Å². The highest BCUT2D eigenvalue weighted by molar-refractivity contribution is 6.30. The quantitative estimate of drug-likeness (QED) is 0.375. The van der Waals surface area contributed by atoms with Crippen LogP contribution in [0.3, 0.4) is 0 Å². The van der Waals surface area contributed by atoms with E-state index < -0.39 is 0 Å². The average Bonchev–Trinajstić information content (AvgIpc) is 2.45. The highest BCUT2D eigenvalue weighted by Gasteiger charge is 2.20. The molecule has 1 amide bonds. The summed E-state index contributed by atoms with van der Waals surface area (Å²) >= 11 is 5.86. The Labute approximate surface area is 122 Å². The third kappa shape index (κ3) is 3.77. The number of ether oxygens (including phenoxy) is 1. The van der Waals surface area contributed by atoms with Gasteiger partial charge < -0.3 is 20.6 Å². The van der Waals surface area contributed by atoms with E-state index in [9.17, 15) is 4.79 Å². The first kappa shape index (κ1) is 16.1. The molecule has 0 heterocycles. The number of hydrogen-bond acceptors (Lipinski definition) is 4. The fourth-order valence-electron chi connectivity index (χ4n) is 1.73. The lowest BCUT2D eigenvalue weighted by Crippen LogP contribution is -2.36. The molecule has 1 aromatic rings. The van der Waals surface area contributed by atoms with Crippen LogP contribution in [0.25, 0.3) is 0 Å². The number of carbonyl (C=O) groups is 1. The zero-order valence-electron chi connectivity index (χ0n) is 11.6. The van der Waals surface area contributed by atoms with E-state index >= 15 is 0 Å². The summed E-state index contributed by atoms with van der Waals surface area (Å²) in [5.41, 5.74) is 5.91. The van der Waals surface area contributed by atoms with Crippen LogP contribution in [0, 0.1) is 5.92 Å². The summed E-state index contributed by atoms with van der Waals surface area (Å²) < 4.78 is 5.15. The fourth-order valence-corrected chi connectivity index (χ4v) is 1.90. The standard InChI is InChI=1S/C13H18ClN3O3/c1-8(12(15)16-19)7-17(2)13(18)10-5-4-9(14)6-11(10)20-3/h4-6,8,19H,7H2,1-3H3,(H2,15,16). The first-order chi connectivity index (χ1) is 9.40. The predicted molar refractivity (Wildman–Crippen MR) is 77.5 cm³/mol. The Kier molecular flexibility index (Phi) is 5.64. The van der Waals surface area contributed by atoms with Crippen molar-refractivity contribution in [1.29, 1.82) is 0 Å². The highest BCUT2D eigenvalue weighted by atomic mass is 35.5. The summed E-state index contributed by atoms with van der Waals surface area (Å²) in [6, 6.07) is 4.81. The topological polar surface area (TPSA) is 88.2 Å². The number of amides is 1. The van der Waals surface area contributed by atoms with Crippen LogP contribution in [0.4, 0.5) is 0 Å². The molecule has 1 atom stereocenters. The van der Waals surface area contributed by atoms with Gasteiger partial charge in [0.1, 0.15) is 11.6 Å². The lowest BCUT2D eigenvalue weighted by molar-refractivity contribution is 0.0782. The Morgan fingerprint density at radius 2 is 2.25 bits per heavy atom. The van der Waals surface area contributed by atoms with Crippen molar-refractivity contribution in [2.24, 2.45) is 16.8 Å². The van der Waals surface area contributed by atoms with E-state index in [0.29, 0.717) is 22.9 Å². The summed E-state index contributed by atoms with van der Waals surface area (Å²) in [7, 11) is 3.11. The molecule has 0 bridgehead atoms. The van der Waals surface area contributed by atoms with Gasteiger partial charge in [-0.3, -0.25) is 4.79 Å². The van der Waals surface area contributed by atoms with Crippen molar-refractivity contribution in [2.75, 3.05) is 20.7 Å². The minimum absolute atomic E-state index is 0.0766. The third-order valence-electron chi connectivity index (χ3n) is 2.91. The number of halogens is 1. The van der Waals surface area contributed by atoms with Crippen molar-refractivity contribution >= 4 is 23.3 Å². The Morgan fingerprint density at radius 3 is 2.80 bits per heavy atom. The van der Waals surface area contributed by atoms with Gasteiger partial charge >= 0.3 is 0 Å². The Bertz CT molecular complexity index is 520. The molecule has 6 nitrogen and oxygen atoms in total. The zero-order chi connectivity index (χ0) is 15.3. The van der Waals surface area contributed by atoms with Crippen LogP contribution in [0.5, 0.6) is 5.75 Å². The van der Waals surface area contributed by atoms with Gasteiger partial charge in [-0.15, -0.1) is 0 Å². The molecule has 0 radical (unpaired) electrons. The van der Waals surface area contributed by atoms with Crippen LogP contribution >= 0.6 is 11.6 Å². The average molecular weight is 300 g/mol. The van der Waals surface area contributed by atoms with Gasteiger partial charge in [-0.2, -0.15) is 0 Å². The van der Waals surface area contributed by atoms with Crippen LogP contribution in [0.2, 0.25) is 5.02 Å². The maximum Gasteiger partial charge on any atom is 0.257 e. The SMILES string of the molecule is COc1cc(Cl)ccc1C(=O)N(C)CC(C)C(N)=NO. The number of methoxy groups -OCH3 is 1. The zero-order valence-corrected chi connectivity index (χ0v) is 12.4. The number of benzene rings is 1. The number of hydrogen-bond donors (Lipinski definition) is 2. The van der Waals surface area contributed by atoms with Gasteiger partial charge in [-0.05, 0) is 18.2 Å². The fraction of sp³-hybridized carbons (Fsp3) is 0.385. The smallest absolute Gasteiger partial charge is 0.257 e. The second-order valence-corrected chi connectivity index (χ2v) is 4.89. The van der Waals surface area contributed by atoms with Crippen LogP contribution in [-0.4, -0.2) is 42.6 Å². The third-order valence-corrected chi connectivity index (χ3v) is 3.14. The molecular weight excluding hydrogens is 282 g/mol. The molecule has 1 aromatic carbocycles. The van der Waals surface area contributed by atoms with Gasteiger partial charge in [0.15, 0.2) is 0 Å². The Balaban J connectivity index is 2.89. The second kappa shape index (κ2) is 7.00. The largest absolute Gasteiger partial charge is 0.496 e. The second-order valence-electron chi connectivity index (χ2n) is 4.46. The molecule has 1 unspecified atom stereocenters. The summed E-state index contributed by atoms with van der Waals surface area (Å²) in [5.74, 6) is 0.00173. The molecule has 0 aromatic heterocycles. The maximum atomic E-state index is 12.3. The van der Waals surface area contributed by atoms with E-state index in [2.05, 4.69) is 5.16 Å². The molecule has 3 N–H and O–H groups in total. The normalized spacial score (nSPS) is 12.9. The van der Waals surface area contributed by atoms with E-state index in [1.807, 2.05) is 0 Å². The number of oxime groups is 1. The minimum atomic E-state index is -0.257. The molecule has 0 aliphatic rings. The summed E-state index contributed by atoms with van der Waals surface area (Å²) in [4.78, 5) is 13.8. The van der Waals surface area contributed by atoms with Crippen LogP contribution in [0.1, 0.15) is 17.3 Å². The number of nitrogens with zero attached hydrogens (tertiary/aromatic N) is 2. The summed E-state index contributed by atoms with van der Waals surface area (Å²) in [6.07, 6.45) is 0. The van der Waals surface area contributed by atoms with E-state index in [1.165, 1.54) is 12.0 Å². The number of nitrogens with two attached hydrogens (primary N) is 1. The van der Waals surface area contributed by atoms with Gasteiger partial charge in [-0.1, -0.05) is 23.7 Å². The molecular formula is C13H18ClN3O3. The van der Waals surface area contributed by atoms with Crippen LogP contribution in [0.15, 0.2) is 23.4 Å². The molecule has 0 fully saturated rings. The highest BCUT2D eigenvalue weighted by Crippen LogP contribution is 2.24. The van der Waals surface area contributed by atoms with Crippen LogP contribution in [-0.2, 0) is 0 Å². The Hall–Kier alpha value is -1.95. The number of rotatable bonds is 5. The molecule has 0 aliphatic heterocycles. The van der Waals surface area contributed by atoms with E-state index in [1.54, 1.807) is 32.2 Å².